The minimum Gasteiger partial charge on any atom is -0.382 e. The first-order chi connectivity index (χ1) is 7.85. The van der Waals surface area contributed by atoms with Crippen LogP contribution in [0.5, 0.6) is 0 Å². The smallest absolute Gasteiger partial charge is 0.191 e. The van der Waals surface area contributed by atoms with Crippen molar-refractivity contribution in [1.82, 2.24) is 10.6 Å². The third-order valence-electron chi connectivity index (χ3n) is 3.47. The Morgan fingerprint density at radius 1 is 1.50 bits per heavy atom. The highest BCUT2D eigenvalue weighted by atomic mass is 16.5. The molecule has 0 bridgehead atoms. The number of rotatable bonds is 6. The number of nitrogens with one attached hydrogen (secondary N) is 2. The van der Waals surface area contributed by atoms with Gasteiger partial charge in [0.25, 0.3) is 0 Å². The summed E-state index contributed by atoms with van der Waals surface area (Å²) < 4.78 is 5.43. The summed E-state index contributed by atoms with van der Waals surface area (Å²) in [4.78, 5) is 4.42. The van der Waals surface area contributed by atoms with Gasteiger partial charge >= 0.3 is 0 Å². The maximum atomic E-state index is 5.43. The van der Waals surface area contributed by atoms with Crippen LogP contribution in [-0.2, 0) is 4.74 Å². The molecule has 0 radical (unpaired) electrons. The fourth-order valence-corrected chi connectivity index (χ4v) is 2.05. The van der Waals surface area contributed by atoms with Crippen LogP contribution in [0.2, 0.25) is 0 Å². The first-order valence-corrected chi connectivity index (χ1v) is 6.45. The molecule has 92 valence electrons. The topological polar surface area (TPSA) is 45.6 Å². The van der Waals surface area contributed by atoms with Gasteiger partial charge in [-0.15, -0.1) is 0 Å². The highest BCUT2D eigenvalue weighted by Crippen LogP contribution is 2.48. The molecule has 0 unspecified atom stereocenters. The summed E-state index contributed by atoms with van der Waals surface area (Å²) >= 11 is 0. The largest absolute Gasteiger partial charge is 0.382 e. The number of nitrogens with zero attached hydrogens (tertiary/aromatic N) is 1. The number of hydrogen-bond donors (Lipinski definition) is 2. The second-order valence-corrected chi connectivity index (χ2v) is 4.81. The van der Waals surface area contributed by atoms with E-state index < -0.39 is 0 Å². The van der Waals surface area contributed by atoms with Crippen LogP contribution in [0.25, 0.3) is 0 Å². The van der Waals surface area contributed by atoms with Crippen LogP contribution >= 0.6 is 0 Å². The lowest BCUT2D eigenvalue weighted by atomic mass is 10.0. The van der Waals surface area contributed by atoms with E-state index in [1.807, 2.05) is 0 Å². The van der Waals surface area contributed by atoms with E-state index in [2.05, 4.69) is 22.5 Å². The summed E-state index contributed by atoms with van der Waals surface area (Å²) in [6, 6.07) is 0. The van der Waals surface area contributed by atoms with E-state index in [1.165, 1.54) is 19.3 Å². The molecule has 1 saturated carbocycles. The van der Waals surface area contributed by atoms with Crippen molar-refractivity contribution in [3.8, 4) is 0 Å². The van der Waals surface area contributed by atoms with Gasteiger partial charge in [0.1, 0.15) is 0 Å². The normalized spacial score (nSPS) is 22.2. The van der Waals surface area contributed by atoms with Crippen molar-refractivity contribution < 1.29 is 4.74 Å². The van der Waals surface area contributed by atoms with E-state index >= 15 is 0 Å². The molecule has 2 aliphatic rings. The summed E-state index contributed by atoms with van der Waals surface area (Å²) in [5, 5.41) is 6.73. The van der Waals surface area contributed by atoms with Crippen LogP contribution in [0.4, 0.5) is 0 Å². The molecule has 0 aromatic rings. The molecule has 4 nitrogen and oxygen atoms in total. The molecule has 2 rings (SSSR count). The summed E-state index contributed by atoms with van der Waals surface area (Å²) in [5.74, 6) is 0.994. The lowest BCUT2D eigenvalue weighted by Gasteiger charge is -2.20. The molecule has 0 saturated heterocycles. The lowest BCUT2D eigenvalue weighted by Crippen LogP contribution is -2.43. The number of guanidine groups is 1. The summed E-state index contributed by atoms with van der Waals surface area (Å²) in [5.41, 5.74) is 0.497. The van der Waals surface area contributed by atoms with E-state index in [0.29, 0.717) is 5.41 Å². The maximum absolute atomic E-state index is 5.43. The Morgan fingerprint density at radius 3 is 3.00 bits per heavy atom. The Labute approximate surface area is 97.9 Å². The Balaban J connectivity index is 1.66. The standard InChI is InChI=1S/C12H23N3O/c1-2-16-9-6-12(4-5-12)10-15-11-13-7-3-8-14-11/h2-10H2,1H3,(H2,13,14,15). The average Bonchev–Trinajstić information content (AvgIpc) is 3.09. The Bertz CT molecular complexity index is 249. The predicted octanol–water partition coefficient (Wildman–Crippen LogP) is 1.13. The van der Waals surface area contributed by atoms with E-state index in [1.54, 1.807) is 0 Å². The Kier molecular flexibility index (Phi) is 4.04. The number of ether oxygens (including phenoxy) is 1. The Hall–Kier alpha value is -0.770. The monoisotopic (exact) mass is 225 g/mol. The van der Waals surface area contributed by atoms with Crippen molar-refractivity contribution in [3.05, 3.63) is 0 Å². The molecular weight excluding hydrogens is 202 g/mol. The van der Waals surface area contributed by atoms with Gasteiger partial charge in [-0.25, -0.2) is 0 Å². The van der Waals surface area contributed by atoms with E-state index in [0.717, 1.165) is 45.2 Å². The average molecular weight is 225 g/mol. The van der Waals surface area contributed by atoms with Crippen molar-refractivity contribution in [2.75, 3.05) is 32.8 Å². The molecule has 0 atom stereocenters. The van der Waals surface area contributed by atoms with Crippen molar-refractivity contribution in [3.63, 3.8) is 0 Å². The molecule has 1 aliphatic carbocycles. The zero-order valence-corrected chi connectivity index (χ0v) is 10.2. The van der Waals surface area contributed by atoms with Gasteiger partial charge in [0, 0.05) is 32.8 Å². The van der Waals surface area contributed by atoms with Gasteiger partial charge < -0.3 is 15.4 Å². The van der Waals surface area contributed by atoms with Crippen molar-refractivity contribution in [1.29, 1.82) is 0 Å². The van der Waals surface area contributed by atoms with Gasteiger partial charge in [-0.05, 0) is 38.0 Å². The maximum Gasteiger partial charge on any atom is 0.191 e. The lowest BCUT2D eigenvalue weighted by molar-refractivity contribution is 0.128. The third-order valence-corrected chi connectivity index (χ3v) is 3.47. The molecule has 0 amide bonds. The van der Waals surface area contributed by atoms with Crippen LogP contribution in [-0.4, -0.2) is 38.8 Å². The van der Waals surface area contributed by atoms with Crippen LogP contribution in [0, 0.1) is 5.41 Å². The molecule has 1 heterocycles. The van der Waals surface area contributed by atoms with Gasteiger partial charge in [0.05, 0.1) is 0 Å². The van der Waals surface area contributed by atoms with Gasteiger partial charge in [0.15, 0.2) is 5.96 Å². The molecule has 1 fully saturated rings. The van der Waals surface area contributed by atoms with Crippen molar-refractivity contribution in [2.24, 2.45) is 10.4 Å². The minimum atomic E-state index is 0.497. The van der Waals surface area contributed by atoms with E-state index in [-0.39, 0.29) is 0 Å². The minimum absolute atomic E-state index is 0.497. The Morgan fingerprint density at radius 2 is 2.38 bits per heavy atom. The molecule has 2 N–H and O–H groups in total. The third kappa shape index (κ3) is 3.37. The quantitative estimate of drug-likeness (QED) is 0.666. The van der Waals surface area contributed by atoms with Gasteiger partial charge in [-0.3, -0.25) is 4.99 Å². The highest BCUT2D eigenvalue weighted by molar-refractivity contribution is 5.80. The second kappa shape index (κ2) is 5.53. The zero-order chi connectivity index (χ0) is 11.3. The molecule has 0 spiro atoms. The molecule has 4 heteroatoms. The van der Waals surface area contributed by atoms with Crippen LogP contribution in [0.3, 0.4) is 0 Å². The predicted molar refractivity (Wildman–Crippen MR) is 65.7 cm³/mol. The van der Waals surface area contributed by atoms with E-state index in [4.69, 9.17) is 4.74 Å². The first kappa shape index (κ1) is 11.7. The molecule has 0 aromatic heterocycles. The van der Waals surface area contributed by atoms with Crippen LogP contribution in [0.15, 0.2) is 4.99 Å². The SMILES string of the molecule is CCOCCC1(CNC2=NCCCN2)CC1. The van der Waals surface area contributed by atoms with Gasteiger partial charge in [-0.2, -0.15) is 0 Å². The summed E-state index contributed by atoms with van der Waals surface area (Å²) in [6.45, 7) is 6.85. The number of hydrogen-bond acceptors (Lipinski definition) is 4. The molecule has 0 aromatic carbocycles. The van der Waals surface area contributed by atoms with Crippen LogP contribution in [0.1, 0.15) is 32.6 Å². The first-order valence-electron chi connectivity index (χ1n) is 6.45. The second-order valence-electron chi connectivity index (χ2n) is 4.81. The van der Waals surface area contributed by atoms with Gasteiger partial charge in [0.2, 0.25) is 0 Å². The zero-order valence-electron chi connectivity index (χ0n) is 10.2. The van der Waals surface area contributed by atoms with Crippen molar-refractivity contribution in [2.45, 2.75) is 32.6 Å². The van der Waals surface area contributed by atoms with E-state index in [9.17, 15) is 0 Å². The van der Waals surface area contributed by atoms with Crippen LogP contribution < -0.4 is 10.6 Å². The fourth-order valence-electron chi connectivity index (χ4n) is 2.05. The van der Waals surface area contributed by atoms with Gasteiger partial charge in [-0.1, -0.05) is 0 Å². The highest BCUT2D eigenvalue weighted by Gasteiger charge is 2.41. The summed E-state index contributed by atoms with van der Waals surface area (Å²) in [7, 11) is 0. The number of aliphatic imine (C=N–C) groups is 1. The summed E-state index contributed by atoms with van der Waals surface area (Å²) in [6.07, 6.45) is 5.00. The van der Waals surface area contributed by atoms with Crippen molar-refractivity contribution >= 4 is 5.96 Å². The molecule has 1 aliphatic heterocycles. The molecular formula is C12H23N3O. The fraction of sp³-hybridized carbons (Fsp3) is 0.917. The molecule has 16 heavy (non-hydrogen) atoms.